The molecule has 542 valence electrons. The molecule has 12 N–H and O–H groups in total. The summed E-state index contributed by atoms with van der Waals surface area (Å²) >= 11 is 0. The zero-order valence-corrected chi connectivity index (χ0v) is 57.5. The van der Waals surface area contributed by atoms with Gasteiger partial charge in [0, 0.05) is 6.42 Å². The van der Waals surface area contributed by atoms with E-state index in [0.717, 1.165) is 51.4 Å². The summed E-state index contributed by atoms with van der Waals surface area (Å²) in [7, 11) is 0. The van der Waals surface area contributed by atoms with E-state index in [1.807, 2.05) is 0 Å². The Kier molecular flexibility index (Phi) is 50.7. The van der Waals surface area contributed by atoms with Gasteiger partial charge in [-0.3, -0.25) is 4.79 Å². The Bertz CT molecular complexity index is 1760. The van der Waals surface area contributed by atoms with E-state index in [0.29, 0.717) is 12.8 Å². The number of aliphatic hydroxyl groups is 11. The van der Waals surface area contributed by atoms with Gasteiger partial charge in [0.2, 0.25) is 5.91 Å². The van der Waals surface area contributed by atoms with Crippen molar-refractivity contribution in [2.75, 3.05) is 26.4 Å². The summed E-state index contributed by atoms with van der Waals surface area (Å²) in [4.78, 5) is 13.4. The summed E-state index contributed by atoms with van der Waals surface area (Å²) in [5, 5.41) is 121. The Labute approximate surface area is 556 Å². The van der Waals surface area contributed by atoms with Crippen LogP contribution in [-0.2, 0) is 33.2 Å². The molecule has 0 aromatic rings. The summed E-state index contributed by atoms with van der Waals surface area (Å²) < 4.78 is 34.4. The van der Waals surface area contributed by atoms with Crippen LogP contribution in [0.1, 0.15) is 303 Å². The van der Waals surface area contributed by atoms with E-state index in [1.54, 1.807) is 0 Å². The molecule has 17 atom stereocenters. The number of unbranched alkanes of at least 4 members (excludes halogenated alkanes) is 39. The van der Waals surface area contributed by atoms with Crippen LogP contribution in [0.25, 0.3) is 0 Å². The molecule has 3 heterocycles. The molecular weight excluding hydrogens is 1180 g/mol. The van der Waals surface area contributed by atoms with Crippen LogP contribution >= 0.6 is 0 Å². The second-order valence-corrected chi connectivity index (χ2v) is 27.1. The molecule has 0 aliphatic carbocycles. The van der Waals surface area contributed by atoms with E-state index in [-0.39, 0.29) is 18.9 Å². The number of hydrogen-bond acceptors (Lipinski definition) is 18. The van der Waals surface area contributed by atoms with Crippen LogP contribution < -0.4 is 5.32 Å². The number of ether oxygens (including phenoxy) is 6. The van der Waals surface area contributed by atoms with Crippen molar-refractivity contribution in [1.29, 1.82) is 0 Å². The Balaban J connectivity index is 1.33. The molecule has 19 nitrogen and oxygen atoms in total. The fraction of sp³-hybridized carbons (Fsp3) is 0.932. The lowest BCUT2D eigenvalue weighted by molar-refractivity contribution is -0.379. The summed E-state index contributed by atoms with van der Waals surface area (Å²) in [6, 6.07) is -0.884. The van der Waals surface area contributed by atoms with Crippen molar-refractivity contribution in [3.63, 3.8) is 0 Å². The highest BCUT2D eigenvalue weighted by Gasteiger charge is 2.53. The van der Waals surface area contributed by atoms with Gasteiger partial charge in [0.25, 0.3) is 0 Å². The van der Waals surface area contributed by atoms with Gasteiger partial charge in [0.15, 0.2) is 18.9 Å². The summed E-state index contributed by atoms with van der Waals surface area (Å²) in [6.07, 6.45) is 37.1. The third-order valence-corrected chi connectivity index (χ3v) is 19.0. The molecule has 17 unspecified atom stereocenters. The molecule has 3 saturated heterocycles. The van der Waals surface area contributed by atoms with Crippen molar-refractivity contribution in [2.45, 2.75) is 407 Å². The topological polar surface area (TPSA) is 307 Å². The molecule has 0 bridgehead atoms. The van der Waals surface area contributed by atoms with E-state index in [9.17, 15) is 61.0 Å². The van der Waals surface area contributed by atoms with Crippen molar-refractivity contribution < 1.29 is 89.4 Å². The highest BCUT2D eigenvalue weighted by Crippen LogP contribution is 2.33. The predicted molar refractivity (Wildman–Crippen MR) is 360 cm³/mol. The number of amides is 1. The van der Waals surface area contributed by atoms with Crippen LogP contribution in [-0.4, -0.2) is 193 Å². The quantitative estimate of drug-likeness (QED) is 0.0199. The van der Waals surface area contributed by atoms with Crippen molar-refractivity contribution in [1.82, 2.24) is 5.32 Å². The second kappa shape index (κ2) is 55.2. The Hall–Kier alpha value is -1.73. The Morgan fingerprint density at radius 1 is 0.391 bits per heavy atom. The van der Waals surface area contributed by atoms with Gasteiger partial charge in [-0.05, 0) is 44.9 Å². The third kappa shape index (κ3) is 36.2. The fourth-order valence-corrected chi connectivity index (χ4v) is 12.9. The Morgan fingerprint density at radius 3 is 1.11 bits per heavy atom. The summed E-state index contributed by atoms with van der Waals surface area (Å²) in [5.41, 5.74) is 0. The van der Waals surface area contributed by atoms with E-state index >= 15 is 0 Å². The predicted octanol–water partition coefficient (Wildman–Crippen LogP) is 11.0. The van der Waals surface area contributed by atoms with Gasteiger partial charge in [0.05, 0.1) is 38.6 Å². The van der Waals surface area contributed by atoms with Gasteiger partial charge in [0.1, 0.15) is 73.2 Å². The fourth-order valence-electron chi connectivity index (χ4n) is 12.9. The van der Waals surface area contributed by atoms with Crippen molar-refractivity contribution in [2.24, 2.45) is 0 Å². The lowest BCUT2D eigenvalue weighted by Crippen LogP contribution is -2.66. The van der Waals surface area contributed by atoms with E-state index < -0.39 is 124 Å². The SMILES string of the molecule is CCCCCCC/C=C\C/C=C\CCCCCCCCCCCCCCCCCCCCCCCC(=O)NC(COC1OC(CO)C(OC2OC(CO)C(OC3OC(CO)C(O)C(O)C3O)C(O)C2O)C(O)C1O)C(O)CCCCCCCCCCCCCCCC. The molecule has 0 aromatic carbocycles. The molecule has 0 radical (unpaired) electrons. The van der Waals surface area contributed by atoms with Gasteiger partial charge >= 0.3 is 0 Å². The molecule has 1 amide bonds. The largest absolute Gasteiger partial charge is 0.394 e. The van der Waals surface area contributed by atoms with E-state index in [4.69, 9.17) is 28.4 Å². The monoisotopic (exact) mass is 1320 g/mol. The van der Waals surface area contributed by atoms with Crippen LogP contribution in [0.3, 0.4) is 0 Å². The number of nitrogens with one attached hydrogen (secondary N) is 1. The van der Waals surface area contributed by atoms with Crippen LogP contribution in [0.5, 0.6) is 0 Å². The first kappa shape index (κ1) is 84.5. The minimum absolute atomic E-state index is 0.238. The van der Waals surface area contributed by atoms with Crippen LogP contribution in [0.2, 0.25) is 0 Å². The maximum Gasteiger partial charge on any atom is 0.220 e. The smallest absolute Gasteiger partial charge is 0.220 e. The molecule has 0 aromatic heterocycles. The maximum atomic E-state index is 13.4. The number of aliphatic hydroxyl groups excluding tert-OH is 11. The normalized spacial score (nSPS) is 27.8. The van der Waals surface area contributed by atoms with Crippen molar-refractivity contribution in [3.05, 3.63) is 24.3 Å². The van der Waals surface area contributed by atoms with Gasteiger partial charge < -0.3 is 89.9 Å². The molecule has 3 fully saturated rings. The number of carbonyl (C=O) groups is 1. The summed E-state index contributed by atoms with van der Waals surface area (Å²) in [5.74, 6) is -0.238. The van der Waals surface area contributed by atoms with E-state index in [2.05, 4.69) is 43.5 Å². The molecule has 3 aliphatic heterocycles. The number of rotatable bonds is 59. The zero-order chi connectivity index (χ0) is 66.8. The van der Waals surface area contributed by atoms with Crippen LogP contribution in [0.15, 0.2) is 24.3 Å². The second-order valence-electron chi connectivity index (χ2n) is 27.1. The first-order chi connectivity index (χ1) is 44.8. The van der Waals surface area contributed by atoms with E-state index in [1.165, 1.54) is 218 Å². The van der Waals surface area contributed by atoms with Gasteiger partial charge in [-0.1, -0.05) is 276 Å². The van der Waals surface area contributed by atoms with Crippen molar-refractivity contribution >= 4 is 5.91 Å². The number of hydrogen-bond donors (Lipinski definition) is 12. The molecule has 3 rings (SSSR count). The highest BCUT2D eigenvalue weighted by molar-refractivity contribution is 5.76. The molecular formula is C73H137NO18. The minimum atomic E-state index is -1.97. The first-order valence-corrected chi connectivity index (χ1v) is 37.6. The molecule has 19 heteroatoms. The number of carbonyl (C=O) groups excluding carboxylic acids is 1. The van der Waals surface area contributed by atoms with Crippen molar-refractivity contribution in [3.8, 4) is 0 Å². The van der Waals surface area contributed by atoms with Crippen LogP contribution in [0, 0.1) is 0 Å². The zero-order valence-electron chi connectivity index (χ0n) is 57.5. The molecule has 92 heavy (non-hydrogen) atoms. The maximum absolute atomic E-state index is 13.4. The Morgan fingerprint density at radius 2 is 0.717 bits per heavy atom. The third-order valence-electron chi connectivity index (χ3n) is 19.0. The molecule has 3 aliphatic rings. The standard InChI is InChI=1S/C73H137NO18/c1-3-5-7-9-11-13-15-17-19-20-21-22-23-24-25-26-27-28-29-30-31-32-33-34-35-36-37-39-41-43-45-47-49-51-61(79)74-56(57(78)50-48-46-44-42-40-38-18-16-14-12-10-8-6-4-2)55-87-71-67(85)64(82)69(59(53-76)89-71)92-73-68(86)65(83)70(60(54-77)90-73)91-72-66(84)63(81)62(80)58(52-75)88-72/h15,17,20-21,56-60,62-73,75-78,80-86H,3-14,16,18-19,22-55H2,1-2H3,(H,74,79)/b17-15-,21-20-. The lowest BCUT2D eigenvalue weighted by Gasteiger charge is -2.48. The number of allylic oxidation sites excluding steroid dienone is 4. The minimum Gasteiger partial charge on any atom is -0.394 e. The molecule has 0 saturated carbocycles. The van der Waals surface area contributed by atoms with Gasteiger partial charge in [-0.2, -0.15) is 0 Å². The van der Waals surface area contributed by atoms with Gasteiger partial charge in [-0.15, -0.1) is 0 Å². The first-order valence-electron chi connectivity index (χ1n) is 37.6. The average Bonchev–Trinajstić information content (AvgIpc) is 0.840. The highest BCUT2D eigenvalue weighted by atomic mass is 16.8. The molecule has 0 spiro atoms. The lowest BCUT2D eigenvalue weighted by atomic mass is 9.96. The van der Waals surface area contributed by atoms with Crippen LogP contribution in [0.4, 0.5) is 0 Å². The summed E-state index contributed by atoms with van der Waals surface area (Å²) in [6.45, 7) is 1.82. The van der Waals surface area contributed by atoms with Gasteiger partial charge in [-0.25, -0.2) is 0 Å². The average molecular weight is 1320 g/mol.